The smallest absolute Gasteiger partial charge is 0.325 e. The highest BCUT2D eigenvalue weighted by molar-refractivity contribution is 6.22. The molecule has 6 aromatic rings. The highest BCUT2D eigenvalue weighted by Crippen LogP contribution is 2.37. The van der Waals surface area contributed by atoms with Crippen LogP contribution in [0, 0.1) is 29.5 Å². The monoisotopic (exact) mass is 893 g/mol. The summed E-state index contributed by atoms with van der Waals surface area (Å²) in [6.07, 6.45) is 10.7. The molecular formula is C52H60FN9O4. The molecule has 1 atom stereocenters. The number of hydrogen-bond donors (Lipinski definition) is 4. The number of piperazine rings is 1. The van der Waals surface area contributed by atoms with Gasteiger partial charge in [-0.1, -0.05) is 88.9 Å². The molecule has 2 amide bonds. The van der Waals surface area contributed by atoms with Crippen LogP contribution in [0.25, 0.3) is 32.9 Å². The molecule has 0 bridgehead atoms. The van der Waals surface area contributed by atoms with E-state index >= 15 is 4.39 Å². The summed E-state index contributed by atoms with van der Waals surface area (Å²) in [4.78, 5) is 34.8. The van der Waals surface area contributed by atoms with Gasteiger partial charge in [0.05, 0.1) is 16.6 Å². The number of aromatic hydroxyl groups is 2. The van der Waals surface area contributed by atoms with Crippen molar-refractivity contribution in [3.8, 4) is 41.1 Å². The van der Waals surface area contributed by atoms with Crippen LogP contribution in [-0.4, -0.2) is 99.3 Å². The van der Waals surface area contributed by atoms with Gasteiger partial charge in [-0.05, 0) is 66.0 Å². The average molecular weight is 894 g/mol. The Hall–Kier alpha value is -6.82. The summed E-state index contributed by atoms with van der Waals surface area (Å²) in [5, 5.41) is 31.9. The Morgan fingerprint density at radius 1 is 0.985 bits per heavy atom. The fourth-order valence-corrected chi connectivity index (χ4v) is 8.86. The van der Waals surface area contributed by atoms with Gasteiger partial charge in [-0.15, -0.1) is 6.42 Å². The first-order chi connectivity index (χ1) is 31.8. The van der Waals surface area contributed by atoms with Gasteiger partial charge in [0.25, 0.3) is 0 Å². The molecule has 4 aromatic carbocycles. The van der Waals surface area contributed by atoms with E-state index in [0.29, 0.717) is 65.7 Å². The van der Waals surface area contributed by atoms with Crippen LogP contribution >= 0.6 is 0 Å². The number of carbonyl (C=O) groups excluding carboxylic acids is 1. The van der Waals surface area contributed by atoms with E-state index in [2.05, 4.69) is 41.4 Å². The molecule has 3 heterocycles. The van der Waals surface area contributed by atoms with Crippen molar-refractivity contribution in [2.75, 3.05) is 62.2 Å². The summed E-state index contributed by atoms with van der Waals surface area (Å²) < 4.78 is 23.3. The Kier molecular flexibility index (Phi) is 15.0. The van der Waals surface area contributed by atoms with E-state index in [0.717, 1.165) is 73.2 Å². The molecule has 1 unspecified atom stereocenters. The Labute approximate surface area is 386 Å². The number of amidine groups is 1. The lowest BCUT2D eigenvalue weighted by molar-refractivity contribution is 0.111. The second kappa shape index (κ2) is 21.0. The van der Waals surface area contributed by atoms with Gasteiger partial charge in [0, 0.05) is 81.1 Å². The van der Waals surface area contributed by atoms with E-state index in [1.165, 1.54) is 12.1 Å². The number of nitrogens with zero attached hydrogens (tertiary/aromatic N) is 7. The Balaban J connectivity index is 1.03. The number of phenols is 2. The Morgan fingerprint density at radius 3 is 2.35 bits per heavy atom. The standard InChI is InChI=1S/C52H60FN9O4/c1-7-13-34(8-2)32-61(10-4)50-42-30-56-47(39-17-12-16-37-15-11-14-36(9-3)45(37)39)46(53)48(42)57-52(58-50)66-27-26-59-22-24-60(25-23-59)31-35-18-20-38(21-19-35)62(51(55)65)49(54)41-28-40(33(5)6)43(63)29-44(41)64/h3,11-12,14-21,28-30,33-34,54,63-64H,7-8,10,13,22-27,31-32H2,1-2,4-6H3,(H2,55,65). The van der Waals surface area contributed by atoms with Crippen molar-refractivity contribution in [2.24, 2.45) is 11.7 Å². The van der Waals surface area contributed by atoms with Gasteiger partial charge in [0.1, 0.15) is 41.0 Å². The molecular weight excluding hydrogens is 834 g/mol. The number of rotatable bonds is 17. The van der Waals surface area contributed by atoms with E-state index in [1.54, 1.807) is 18.3 Å². The van der Waals surface area contributed by atoms with Crippen LogP contribution < -0.4 is 20.3 Å². The van der Waals surface area contributed by atoms with Gasteiger partial charge in [-0.2, -0.15) is 9.97 Å². The largest absolute Gasteiger partial charge is 0.508 e. The number of ether oxygens (including phenoxy) is 1. The minimum atomic E-state index is -0.871. The van der Waals surface area contributed by atoms with Crippen molar-refractivity contribution >= 4 is 45.0 Å². The molecule has 66 heavy (non-hydrogen) atoms. The molecule has 0 saturated carbocycles. The first-order valence-electron chi connectivity index (χ1n) is 22.9. The van der Waals surface area contributed by atoms with Crippen LogP contribution in [0.2, 0.25) is 0 Å². The van der Waals surface area contributed by atoms with E-state index in [4.69, 9.17) is 37.3 Å². The van der Waals surface area contributed by atoms with Gasteiger partial charge in [-0.3, -0.25) is 20.2 Å². The first kappa shape index (κ1) is 47.2. The van der Waals surface area contributed by atoms with Gasteiger partial charge in [0.15, 0.2) is 5.82 Å². The van der Waals surface area contributed by atoms with Crippen LogP contribution in [-0.2, 0) is 6.54 Å². The number of pyridine rings is 1. The average Bonchev–Trinajstić information content (AvgIpc) is 3.31. The van der Waals surface area contributed by atoms with E-state index < -0.39 is 11.8 Å². The molecule has 2 aromatic heterocycles. The van der Waals surface area contributed by atoms with Crippen molar-refractivity contribution in [2.45, 2.75) is 66.3 Å². The van der Waals surface area contributed by atoms with E-state index in [9.17, 15) is 15.0 Å². The maximum Gasteiger partial charge on any atom is 0.325 e. The number of amides is 2. The SMILES string of the molecule is C#Cc1cccc2cccc(-c3ncc4c(N(CC)CC(CC)CCC)nc(OCCN5CCN(Cc6ccc(N(C(=N)c7cc(C(C)C)c(O)cc7O)C(N)=O)cc6)CC5)nc4c3F)c12. The predicted molar refractivity (Wildman–Crippen MR) is 261 cm³/mol. The number of nitrogens with two attached hydrogens (primary N) is 1. The molecule has 1 saturated heterocycles. The number of fused-ring (bicyclic) bond motifs is 2. The molecule has 1 aliphatic heterocycles. The summed E-state index contributed by atoms with van der Waals surface area (Å²) in [6.45, 7) is 16.5. The maximum atomic E-state index is 17.0. The molecule has 344 valence electrons. The third kappa shape index (κ3) is 10.2. The molecule has 0 spiro atoms. The molecule has 5 N–H and O–H groups in total. The number of primary amides is 1. The van der Waals surface area contributed by atoms with E-state index in [-0.39, 0.29) is 46.0 Å². The normalized spacial score (nSPS) is 13.8. The minimum Gasteiger partial charge on any atom is -0.508 e. The van der Waals surface area contributed by atoms with Crippen molar-refractivity contribution < 1.29 is 24.1 Å². The summed E-state index contributed by atoms with van der Waals surface area (Å²) in [5.41, 5.74) is 9.35. The predicted octanol–water partition coefficient (Wildman–Crippen LogP) is 9.26. The molecule has 0 radical (unpaired) electrons. The highest BCUT2D eigenvalue weighted by Gasteiger charge is 2.26. The quantitative estimate of drug-likeness (QED) is 0.0394. The lowest BCUT2D eigenvalue weighted by Gasteiger charge is -2.34. The molecule has 1 aliphatic rings. The number of aromatic nitrogens is 3. The zero-order valence-electron chi connectivity index (χ0n) is 38.5. The topological polar surface area (TPSA) is 168 Å². The second-order valence-corrected chi connectivity index (χ2v) is 17.2. The van der Waals surface area contributed by atoms with Crippen LogP contribution in [0.15, 0.2) is 79.0 Å². The molecule has 13 nitrogen and oxygen atoms in total. The fraction of sp³-hybridized carbons (Fsp3) is 0.365. The molecule has 1 fully saturated rings. The van der Waals surface area contributed by atoms with Crippen molar-refractivity contribution in [3.63, 3.8) is 0 Å². The number of carbonyl (C=O) groups is 1. The second-order valence-electron chi connectivity index (χ2n) is 17.2. The number of halogens is 1. The highest BCUT2D eigenvalue weighted by atomic mass is 19.1. The van der Waals surface area contributed by atoms with Crippen molar-refractivity contribution in [1.82, 2.24) is 24.8 Å². The first-order valence-corrected chi connectivity index (χ1v) is 22.9. The number of hydrogen-bond acceptors (Lipinski definition) is 11. The maximum absolute atomic E-state index is 17.0. The van der Waals surface area contributed by atoms with Crippen LogP contribution in [0.4, 0.5) is 20.7 Å². The zero-order valence-corrected chi connectivity index (χ0v) is 38.5. The number of nitrogens with one attached hydrogen (secondary N) is 1. The van der Waals surface area contributed by atoms with Crippen LogP contribution in [0.1, 0.15) is 82.1 Å². The number of benzene rings is 4. The van der Waals surface area contributed by atoms with Gasteiger partial charge in [-0.25, -0.2) is 14.1 Å². The summed E-state index contributed by atoms with van der Waals surface area (Å²) in [6, 6.07) is 20.6. The Bertz CT molecular complexity index is 2740. The zero-order chi connectivity index (χ0) is 47.1. The summed E-state index contributed by atoms with van der Waals surface area (Å²) >= 11 is 0. The fourth-order valence-electron chi connectivity index (χ4n) is 8.86. The van der Waals surface area contributed by atoms with Crippen molar-refractivity contribution in [3.05, 3.63) is 107 Å². The third-order valence-corrected chi connectivity index (χ3v) is 12.6. The lowest BCUT2D eigenvalue weighted by Crippen LogP contribution is -2.47. The number of urea groups is 1. The Morgan fingerprint density at radius 2 is 1.70 bits per heavy atom. The molecule has 7 rings (SSSR count). The van der Waals surface area contributed by atoms with E-state index in [1.807, 2.05) is 62.4 Å². The van der Waals surface area contributed by atoms with Gasteiger partial charge >= 0.3 is 12.0 Å². The van der Waals surface area contributed by atoms with Gasteiger partial charge in [0.2, 0.25) is 0 Å². The third-order valence-electron chi connectivity index (χ3n) is 12.6. The summed E-state index contributed by atoms with van der Waals surface area (Å²) in [5.74, 6) is 2.46. The summed E-state index contributed by atoms with van der Waals surface area (Å²) in [7, 11) is 0. The van der Waals surface area contributed by atoms with Crippen molar-refractivity contribution in [1.29, 1.82) is 5.41 Å². The van der Waals surface area contributed by atoms with Crippen LogP contribution in [0.5, 0.6) is 17.5 Å². The minimum absolute atomic E-state index is 0.0784. The number of terminal acetylenes is 1. The van der Waals surface area contributed by atoms with Gasteiger partial charge < -0.3 is 25.6 Å². The number of phenolic OH excluding ortho intramolecular Hbond substituents is 2. The molecule has 0 aliphatic carbocycles. The van der Waals surface area contributed by atoms with Crippen LogP contribution in [0.3, 0.4) is 0 Å². The molecule has 14 heteroatoms. The lowest BCUT2D eigenvalue weighted by atomic mass is 9.96. The number of anilines is 2.